The van der Waals surface area contributed by atoms with Gasteiger partial charge < -0.3 is 15.0 Å². The Hall–Kier alpha value is -1.99. The van der Waals surface area contributed by atoms with Crippen molar-refractivity contribution < 1.29 is 14.3 Å². The van der Waals surface area contributed by atoms with Crippen molar-refractivity contribution in [3.63, 3.8) is 0 Å². The number of hydrogen-bond donors (Lipinski definition) is 1. The molecule has 2 saturated heterocycles. The van der Waals surface area contributed by atoms with Crippen LogP contribution in [0.2, 0.25) is 0 Å². The number of pyridine rings is 1. The maximum Gasteiger partial charge on any atom is 0.255 e. The first-order valence-corrected chi connectivity index (χ1v) is 10.3. The van der Waals surface area contributed by atoms with Gasteiger partial charge in [-0.25, -0.2) is 0 Å². The average molecular weight is 389 g/mol. The molecule has 1 aromatic heterocycles. The highest BCUT2D eigenvalue weighted by atomic mass is 16.5. The van der Waals surface area contributed by atoms with E-state index in [4.69, 9.17) is 4.74 Å². The number of aromatic nitrogens is 1. The monoisotopic (exact) mass is 388 g/mol. The van der Waals surface area contributed by atoms with Crippen molar-refractivity contribution in [2.75, 3.05) is 46.4 Å². The Kier molecular flexibility index (Phi) is 7.39. The topological polar surface area (TPSA) is 74.8 Å². The van der Waals surface area contributed by atoms with Crippen LogP contribution in [-0.2, 0) is 9.53 Å². The van der Waals surface area contributed by atoms with Gasteiger partial charge in [-0.2, -0.15) is 0 Å². The number of rotatable bonds is 6. The number of ether oxygens (including phenoxy) is 1. The number of nitrogens with one attached hydrogen (secondary N) is 1. The van der Waals surface area contributed by atoms with Gasteiger partial charge in [-0.05, 0) is 50.8 Å². The second-order valence-corrected chi connectivity index (χ2v) is 7.89. The number of carbonyl (C=O) groups is 2. The molecule has 3 rings (SSSR count). The summed E-state index contributed by atoms with van der Waals surface area (Å²) in [4.78, 5) is 33.6. The lowest BCUT2D eigenvalue weighted by molar-refractivity contribution is -0.127. The quantitative estimate of drug-likeness (QED) is 0.747. The highest BCUT2D eigenvalue weighted by Gasteiger charge is 2.32. The Morgan fingerprint density at radius 1 is 1.21 bits per heavy atom. The van der Waals surface area contributed by atoms with Crippen molar-refractivity contribution in [2.24, 2.45) is 5.92 Å². The van der Waals surface area contributed by atoms with Crippen molar-refractivity contribution in [3.8, 4) is 0 Å². The predicted molar refractivity (Wildman–Crippen MR) is 107 cm³/mol. The van der Waals surface area contributed by atoms with E-state index in [-0.39, 0.29) is 17.7 Å². The Bertz CT molecular complexity index is 673. The fourth-order valence-electron chi connectivity index (χ4n) is 4.26. The number of aryl methyl sites for hydroxylation is 1. The number of nitrogens with zero attached hydrogens (tertiary/aromatic N) is 3. The van der Waals surface area contributed by atoms with Gasteiger partial charge in [0.05, 0.1) is 18.1 Å². The van der Waals surface area contributed by atoms with Gasteiger partial charge >= 0.3 is 0 Å². The summed E-state index contributed by atoms with van der Waals surface area (Å²) in [6.07, 6.45) is 7.34. The van der Waals surface area contributed by atoms with Crippen molar-refractivity contribution in [3.05, 3.63) is 29.6 Å². The van der Waals surface area contributed by atoms with E-state index in [1.807, 2.05) is 17.9 Å². The first-order valence-electron chi connectivity index (χ1n) is 10.3. The first kappa shape index (κ1) is 20.7. The maximum atomic E-state index is 12.7. The summed E-state index contributed by atoms with van der Waals surface area (Å²) in [5, 5.41) is 2.97. The minimum atomic E-state index is 0.0589. The molecule has 1 atom stereocenters. The molecule has 2 amide bonds. The smallest absolute Gasteiger partial charge is 0.255 e. The third-order valence-corrected chi connectivity index (χ3v) is 5.82. The number of carbonyl (C=O) groups excluding carboxylic acids is 2. The Balaban J connectivity index is 1.49. The SMILES string of the molecule is COCCNC(=O)[C@H]1CCCN(C2CCN(C(=O)c3cncc(C)c3)CC2)C1. The lowest BCUT2D eigenvalue weighted by atomic mass is 9.93. The largest absolute Gasteiger partial charge is 0.383 e. The van der Waals surface area contributed by atoms with Gasteiger partial charge in [0, 0.05) is 51.7 Å². The Labute approximate surface area is 167 Å². The molecule has 2 fully saturated rings. The van der Waals surface area contributed by atoms with Crippen LogP contribution >= 0.6 is 0 Å². The Morgan fingerprint density at radius 3 is 2.71 bits per heavy atom. The fourth-order valence-corrected chi connectivity index (χ4v) is 4.26. The van der Waals surface area contributed by atoms with E-state index in [0.717, 1.165) is 57.4 Å². The van der Waals surface area contributed by atoms with Gasteiger partial charge in [0.15, 0.2) is 0 Å². The van der Waals surface area contributed by atoms with E-state index in [2.05, 4.69) is 15.2 Å². The van der Waals surface area contributed by atoms with Gasteiger partial charge in [0.1, 0.15) is 0 Å². The van der Waals surface area contributed by atoms with Crippen LogP contribution in [0.1, 0.15) is 41.6 Å². The lowest BCUT2D eigenvalue weighted by Crippen LogP contribution is -2.51. The molecule has 1 N–H and O–H groups in total. The molecule has 3 heterocycles. The lowest BCUT2D eigenvalue weighted by Gasteiger charge is -2.42. The first-order chi connectivity index (χ1) is 13.6. The summed E-state index contributed by atoms with van der Waals surface area (Å²) < 4.78 is 5.00. The number of amides is 2. The molecule has 7 heteroatoms. The molecule has 0 saturated carbocycles. The average Bonchev–Trinajstić information content (AvgIpc) is 2.73. The van der Waals surface area contributed by atoms with Crippen LogP contribution in [0.15, 0.2) is 18.5 Å². The van der Waals surface area contributed by atoms with Crippen molar-refractivity contribution in [1.29, 1.82) is 0 Å². The van der Waals surface area contributed by atoms with E-state index in [1.54, 1.807) is 19.5 Å². The summed E-state index contributed by atoms with van der Waals surface area (Å²) >= 11 is 0. The summed E-state index contributed by atoms with van der Waals surface area (Å²) in [5.41, 5.74) is 1.67. The highest BCUT2D eigenvalue weighted by Crippen LogP contribution is 2.24. The molecule has 0 aromatic carbocycles. The van der Waals surface area contributed by atoms with Gasteiger partial charge in [0.25, 0.3) is 5.91 Å². The van der Waals surface area contributed by atoms with Crippen molar-refractivity contribution >= 4 is 11.8 Å². The summed E-state index contributed by atoms with van der Waals surface area (Å²) in [6.45, 7) is 6.46. The van der Waals surface area contributed by atoms with E-state index in [9.17, 15) is 9.59 Å². The fraction of sp³-hybridized carbons (Fsp3) is 0.667. The minimum absolute atomic E-state index is 0.0589. The summed E-state index contributed by atoms with van der Waals surface area (Å²) in [7, 11) is 1.64. The standard InChI is InChI=1S/C21H32N4O3/c1-16-12-18(14-22-13-16)21(27)24-9-5-19(6-10-24)25-8-3-4-17(15-25)20(26)23-7-11-28-2/h12-14,17,19H,3-11,15H2,1-2H3,(H,23,26)/t17-/m0/s1. The highest BCUT2D eigenvalue weighted by molar-refractivity contribution is 5.94. The normalized spacial score (nSPS) is 21.5. The van der Waals surface area contributed by atoms with Crippen LogP contribution in [-0.4, -0.2) is 79.1 Å². The van der Waals surface area contributed by atoms with Crippen molar-refractivity contribution in [2.45, 2.75) is 38.6 Å². The van der Waals surface area contributed by atoms with E-state index < -0.39 is 0 Å². The third kappa shape index (κ3) is 5.29. The molecule has 0 aliphatic carbocycles. The number of methoxy groups -OCH3 is 1. The van der Waals surface area contributed by atoms with Gasteiger partial charge in [-0.15, -0.1) is 0 Å². The zero-order valence-electron chi connectivity index (χ0n) is 17.0. The molecule has 7 nitrogen and oxygen atoms in total. The number of piperidine rings is 2. The molecule has 154 valence electrons. The van der Waals surface area contributed by atoms with Crippen LogP contribution < -0.4 is 5.32 Å². The molecule has 2 aliphatic heterocycles. The van der Waals surface area contributed by atoms with Gasteiger partial charge in [-0.3, -0.25) is 19.5 Å². The molecule has 1 aromatic rings. The molecule has 0 unspecified atom stereocenters. The minimum Gasteiger partial charge on any atom is -0.383 e. The molecular formula is C21H32N4O3. The molecule has 0 radical (unpaired) electrons. The van der Waals surface area contributed by atoms with E-state index in [0.29, 0.717) is 24.8 Å². The van der Waals surface area contributed by atoms with E-state index in [1.165, 1.54) is 0 Å². The number of likely N-dealkylation sites (tertiary alicyclic amines) is 2. The zero-order valence-corrected chi connectivity index (χ0v) is 17.0. The van der Waals surface area contributed by atoms with Crippen LogP contribution in [0.25, 0.3) is 0 Å². The number of hydrogen-bond acceptors (Lipinski definition) is 5. The van der Waals surface area contributed by atoms with Gasteiger partial charge in [-0.1, -0.05) is 0 Å². The Morgan fingerprint density at radius 2 is 2.00 bits per heavy atom. The second-order valence-electron chi connectivity index (χ2n) is 7.89. The van der Waals surface area contributed by atoms with Crippen LogP contribution in [0.3, 0.4) is 0 Å². The maximum absolute atomic E-state index is 12.7. The summed E-state index contributed by atoms with van der Waals surface area (Å²) in [5.74, 6) is 0.272. The molecule has 0 spiro atoms. The molecule has 2 aliphatic rings. The molecular weight excluding hydrogens is 356 g/mol. The van der Waals surface area contributed by atoms with E-state index >= 15 is 0 Å². The third-order valence-electron chi connectivity index (χ3n) is 5.82. The van der Waals surface area contributed by atoms with Gasteiger partial charge in [0.2, 0.25) is 5.91 Å². The van der Waals surface area contributed by atoms with Crippen LogP contribution in [0, 0.1) is 12.8 Å². The van der Waals surface area contributed by atoms with Crippen LogP contribution in [0.5, 0.6) is 0 Å². The van der Waals surface area contributed by atoms with Crippen molar-refractivity contribution in [1.82, 2.24) is 20.1 Å². The summed E-state index contributed by atoms with van der Waals surface area (Å²) in [6, 6.07) is 2.35. The molecule has 28 heavy (non-hydrogen) atoms. The van der Waals surface area contributed by atoms with Crippen LogP contribution in [0.4, 0.5) is 0 Å². The second kappa shape index (κ2) is 9.98. The zero-order chi connectivity index (χ0) is 19.9. The molecule has 0 bridgehead atoms. The predicted octanol–water partition coefficient (Wildman–Crippen LogP) is 1.47.